The standard InChI is InChI=1S/C17H26N2O2.2ClH/c20-15-10-14(11-16(21)12-15)17(13-4-2-1-3-5-13)19-8-6-18-7-9-19;;/h10-13,17-18,20-21H,1-9H2;2*1H/t17-;;/m1../s1. The Bertz CT molecular complexity index is 437. The van der Waals surface area contributed by atoms with Crippen LogP contribution in [0, 0.1) is 5.92 Å². The number of aromatic hydroxyl groups is 2. The van der Waals surface area contributed by atoms with Crippen molar-refractivity contribution in [2.75, 3.05) is 26.2 Å². The number of hydrogen-bond donors (Lipinski definition) is 3. The second kappa shape index (κ2) is 9.58. The van der Waals surface area contributed by atoms with Crippen LogP contribution in [0.5, 0.6) is 11.5 Å². The first-order chi connectivity index (χ1) is 10.2. The molecule has 0 radical (unpaired) electrons. The lowest BCUT2D eigenvalue weighted by atomic mass is 9.80. The number of benzene rings is 1. The van der Waals surface area contributed by atoms with Crippen molar-refractivity contribution in [1.82, 2.24) is 10.2 Å². The average molecular weight is 363 g/mol. The third kappa shape index (κ3) is 5.15. The minimum absolute atomic E-state index is 0. The molecule has 2 aliphatic rings. The van der Waals surface area contributed by atoms with Crippen LogP contribution in [0.4, 0.5) is 0 Å². The number of piperazine rings is 1. The van der Waals surface area contributed by atoms with Crippen LogP contribution in [0.3, 0.4) is 0 Å². The molecule has 1 saturated carbocycles. The third-order valence-electron chi connectivity index (χ3n) is 4.91. The van der Waals surface area contributed by atoms with E-state index in [4.69, 9.17) is 0 Å². The first-order valence-electron chi connectivity index (χ1n) is 8.22. The molecule has 6 heteroatoms. The van der Waals surface area contributed by atoms with Gasteiger partial charge in [0.2, 0.25) is 0 Å². The second-order valence-corrected chi connectivity index (χ2v) is 6.41. The predicted octanol–water partition coefficient (Wildman–Crippen LogP) is 3.47. The summed E-state index contributed by atoms with van der Waals surface area (Å²) in [4.78, 5) is 2.53. The van der Waals surface area contributed by atoms with Crippen molar-refractivity contribution in [1.29, 1.82) is 0 Å². The Labute approximate surface area is 151 Å². The maximum atomic E-state index is 9.85. The first kappa shape index (κ1) is 20.4. The van der Waals surface area contributed by atoms with Crippen molar-refractivity contribution in [2.45, 2.75) is 38.1 Å². The van der Waals surface area contributed by atoms with Gasteiger partial charge >= 0.3 is 0 Å². The van der Waals surface area contributed by atoms with Gasteiger partial charge in [0.1, 0.15) is 11.5 Å². The van der Waals surface area contributed by atoms with E-state index >= 15 is 0 Å². The van der Waals surface area contributed by atoms with Crippen LogP contribution < -0.4 is 5.32 Å². The van der Waals surface area contributed by atoms with E-state index in [-0.39, 0.29) is 36.3 Å². The molecule has 1 atom stereocenters. The van der Waals surface area contributed by atoms with Gasteiger partial charge in [0.25, 0.3) is 0 Å². The lowest BCUT2D eigenvalue weighted by Gasteiger charge is -2.41. The zero-order chi connectivity index (χ0) is 14.7. The Hall–Kier alpha value is -0.680. The number of rotatable bonds is 3. The van der Waals surface area contributed by atoms with E-state index < -0.39 is 0 Å². The summed E-state index contributed by atoms with van der Waals surface area (Å²) in [6.45, 7) is 4.12. The second-order valence-electron chi connectivity index (χ2n) is 6.41. The molecular weight excluding hydrogens is 335 g/mol. The first-order valence-corrected chi connectivity index (χ1v) is 8.22. The van der Waals surface area contributed by atoms with Gasteiger partial charge in [0.15, 0.2) is 0 Å². The lowest BCUT2D eigenvalue weighted by Crippen LogP contribution is -2.47. The molecule has 0 spiro atoms. The normalized spacial score (nSPS) is 21.0. The molecule has 0 aromatic heterocycles. The van der Waals surface area contributed by atoms with Crippen molar-refractivity contribution >= 4 is 24.8 Å². The van der Waals surface area contributed by atoms with Gasteiger partial charge in [0, 0.05) is 38.3 Å². The van der Waals surface area contributed by atoms with Crippen LogP contribution in [0.15, 0.2) is 18.2 Å². The van der Waals surface area contributed by atoms with Gasteiger partial charge in [-0.2, -0.15) is 0 Å². The van der Waals surface area contributed by atoms with Gasteiger partial charge in [-0.25, -0.2) is 0 Å². The van der Waals surface area contributed by atoms with Crippen molar-refractivity contribution < 1.29 is 10.2 Å². The van der Waals surface area contributed by atoms with Gasteiger partial charge < -0.3 is 15.5 Å². The van der Waals surface area contributed by atoms with E-state index in [1.54, 1.807) is 0 Å². The van der Waals surface area contributed by atoms with Crippen molar-refractivity contribution in [3.8, 4) is 11.5 Å². The highest BCUT2D eigenvalue weighted by molar-refractivity contribution is 5.85. The van der Waals surface area contributed by atoms with Crippen LogP contribution in [0.2, 0.25) is 0 Å². The monoisotopic (exact) mass is 362 g/mol. The quantitative estimate of drug-likeness (QED) is 0.770. The maximum absolute atomic E-state index is 9.85. The molecule has 23 heavy (non-hydrogen) atoms. The molecule has 3 rings (SSSR count). The molecule has 4 nitrogen and oxygen atoms in total. The molecule has 3 N–H and O–H groups in total. The summed E-state index contributed by atoms with van der Waals surface area (Å²) in [5, 5.41) is 23.1. The smallest absolute Gasteiger partial charge is 0.119 e. The largest absolute Gasteiger partial charge is 0.508 e. The molecule has 1 saturated heterocycles. The summed E-state index contributed by atoms with van der Waals surface area (Å²) in [5.74, 6) is 0.972. The van der Waals surface area contributed by atoms with E-state index in [1.807, 2.05) is 12.1 Å². The van der Waals surface area contributed by atoms with Crippen molar-refractivity contribution in [3.63, 3.8) is 0 Å². The van der Waals surface area contributed by atoms with E-state index in [1.165, 1.54) is 38.2 Å². The van der Waals surface area contributed by atoms with Crippen LogP contribution in [-0.2, 0) is 0 Å². The zero-order valence-corrected chi connectivity index (χ0v) is 15.0. The minimum atomic E-state index is 0. The van der Waals surface area contributed by atoms with Gasteiger partial charge in [-0.1, -0.05) is 19.3 Å². The summed E-state index contributed by atoms with van der Waals surface area (Å²) in [6, 6.07) is 5.41. The molecule has 1 aromatic carbocycles. The third-order valence-corrected chi connectivity index (χ3v) is 4.91. The topological polar surface area (TPSA) is 55.7 Å². The number of phenols is 2. The van der Waals surface area contributed by atoms with E-state index in [9.17, 15) is 10.2 Å². The number of nitrogens with zero attached hydrogens (tertiary/aromatic N) is 1. The van der Waals surface area contributed by atoms with Gasteiger partial charge in [-0.15, -0.1) is 24.8 Å². The SMILES string of the molecule is Cl.Cl.Oc1cc(O)cc([C@@H](C2CCCCC2)N2CCNCC2)c1. The molecule has 0 unspecified atom stereocenters. The fourth-order valence-corrected chi connectivity index (χ4v) is 3.98. The maximum Gasteiger partial charge on any atom is 0.119 e. The molecule has 1 heterocycles. The Kier molecular flexibility index (Phi) is 8.48. The Balaban J connectivity index is 0.00000132. The molecular formula is C17H28Cl2N2O2. The fraction of sp³-hybridized carbons (Fsp3) is 0.647. The predicted molar refractivity (Wildman–Crippen MR) is 98.0 cm³/mol. The Morgan fingerprint density at radius 2 is 1.48 bits per heavy atom. The number of nitrogens with one attached hydrogen (secondary N) is 1. The summed E-state index contributed by atoms with van der Waals surface area (Å²) in [6.07, 6.45) is 6.46. The van der Waals surface area contributed by atoms with Crippen LogP contribution in [-0.4, -0.2) is 41.3 Å². The highest BCUT2D eigenvalue weighted by Crippen LogP contribution is 2.40. The summed E-state index contributed by atoms with van der Waals surface area (Å²) in [5.41, 5.74) is 1.07. The zero-order valence-electron chi connectivity index (χ0n) is 13.4. The van der Waals surface area contributed by atoms with Gasteiger partial charge in [-0.05, 0) is 36.5 Å². The van der Waals surface area contributed by atoms with Crippen molar-refractivity contribution in [3.05, 3.63) is 23.8 Å². The molecule has 0 amide bonds. The van der Waals surface area contributed by atoms with Crippen LogP contribution in [0.1, 0.15) is 43.7 Å². The summed E-state index contributed by atoms with van der Waals surface area (Å²) >= 11 is 0. The Morgan fingerprint density at radius 1 is 0.913 bits per heavy atom. The fourth-order valence-electron chi connectivity index (χ4n) is 3.98. The number of hydrogen-bond acceptors (Lipinski definition) is 4. The number of halogens is 2. The van der Waals surface area contributed by atoms with Gasteiger partial charge in [0.05, 0.1) is 0 Å². The van der Waals surface area contributed by atoms with E-state index in [0.29, 0.717) is 12.0 Å². The molecule has 132 valence electrons. The molecule has 1 aliphatic heterocycles. The summed E-state index contributed by atoms with van der Waals surface area (Å²) < 4.78 is 0. The Morgan fingerprint density at radius 3 is 2.04 bits per heavy atom. The van der Waals surface area contributed by atoms with Crippen LogP contribution in [0.25, 0.3) is 0 Å². The highest BCUT2D eigenvalue weighted by atomic mass is 35.5. The molecule has 1 aliphatic carbocycles. The molecule has 0 bridgehead atoms. The molecule has 2 fully saturated rings. The summed E-state index contributed by atoms with van der Waals surface area (Å²) in [7, 11) is 0. The van der Waals surface area contributed by atoms with Crippen molar-refractivity contribution in [2.24, 2.45) is 5.92 Å². The highest BCUT2D eigenvalue weighted by Gasteiger charge is 2.31. The molecule has 1 aromatic rings. The van der Waals surface area contributed by atoms with E-state index in [2.05, 4.69) is 10.2 Å². The van der Waals surface area contributed by atoms with E-state index in [0.717, 1.165) is 31.7 Å². The number of phenolic OH excluding ortho intramolecular Hbond substituents is 2. The average Bonchev–Trinajstić information content (AvgIpc) is 2.49. The van der Waals surface area contributed by atoms with Gasteiger partial charge in [-0.3, -0.25) is 4.90 Å². The lowest BCUT2D eigenvalue weighted by molar-refractivity contribution is 0.103. The minimum Gasteiger partial charge on any atom is -0.508 e. The van der Waals surface area contributed by atoms with Crippen LogP contribution >= 0.6 is 24.8 Å².